The summed E-state index contributed by atoms with van der Waals surface area (Å²) < 4.78 is 15.6. The highest BCUT2D eigenvalue weighted by Crippen LogP contribution is 2.31. The highest BCUT2D eigenvalue weighted by molar-refractivity contribution is 5.89. The van der Waals surface area contributed by atoms with Gasteiger partial charge in [0.15, 0.2) is 0 Å². The van der Waals surface area contributed by atoms with Crippen molar-refractivity contribution in [2.24, 2.45) is 0 Å². The summed E-state index contributed by atoms with van der Waals surface area (Å²) in [4.78, 5) is 11.8. The van der Waals surface area contributed by atoms with Crippen molar-refractivity contribution in [1.29, 1.82) is 0 Å². The van der Waals surface area contributed by atoms with Crippen LogP contribution in [0.1, 0.15) is 16.8 Å². The fourth-order valence-electron chi connectivity index (χ4n) is 2.16. The fraction of sp³-hybridized carbons (Fsp3) is 0.500. The summed E-state index contributed by atoms with van der Waals surface area (Å²) in [6, 6.07) is 8.60. The lowest BCUT2D eigenvalue weighted by atomic mass is 10.1. The first-order valence-corrected chi connectivity index (χ1v) is 6.35. The number of methoxy groups -OCH3 is 1. The predicted octanol–water partition coefficient (Wildman–Crippen LogP) is 0.328. The molecule has 0 spiro atoms. The molecule has 1 heterocycles. The molecule has 6 heteroatoms. The minimum Gasteiger partial charge on any atom is -0.459 e. The Kier molecular flexibility index (Phi) is 4.72. The minimum atomic E-state index is -1.43. The summed E-state index contributed by atoms with van der Waals surface area (Å²) in [5.74, 6) is -1.88. The number of ether oxygens (including phenoxy) is 3. The van der Waals surface area contributed by atoms with Crippen LogP contribution in [0.3, 0.4) is 0 Å². The molecule has 110 valence electrons. The van der Waals surface area contributed by atoms with Gasteiger partial charge in [0.1, 0.15) is 12.7 Å². The van der Waals surface area contributed by atoms with Crippen LogP contribution in [-0.2, 0) is 14.2 Å². The number of carbonyl (C=O) groups is 1. The molecule has 6 nitrogen and oxygen atoms in total. The minimum absolute atomic E-state index is 0.00407. The SMILES string of the molecule is COC1(CO)O[C@H](COC(=O)c2ccccc2)C[C@@H]1O. The van der Waals surface area contributed by atoms with Crippen LogP contribution in [-0.4, -0.2) is 54.5 Å². The Morgan fingerprint density at radius 1 is 1.45 bits per heavy atom. The first-order valence-electron chi connectivity index (χ1n) is 6.35. The zero-order chi connectivity index (χ0) is 14.6. The van der Waals surface area contributed by atoms with Gasteiger partial charge in [0.2, 0.25) is 5.79 Å². The average Bonchev–Trinajstić information content (AvgIpc) is 2.82. The van der Waals surface area contributed by atoms with Crippen molar-refractivity contribution >= 4 is 5.97 Å². The molecule has 0 amide bonds. The summed E-state index contributed by atoms with van der Waals surface area (Å²) in [7, 11) is 1.35. The van der Waals surface area contributed by atoms with Crippen LogP contribution >= 0.6 is 0 Å². The lowest BCUT2D eigenvalue weighted by Crippen LogP contribution is -2.45. The smallest absolute Gasteiger partial charge is 0.338 e. The molecule has 1 aromatic carbocycles. The number of benzene rings is 1. The van der Waals surface area contributed by atoms with Crippen LogP contribution in [0.2, 0.25) is 0 Å². The van der Waals surface area contributed by atoms with E-state index in [-0.39, 0.29) is 13.0 Å². The van der Waals surface area contributed by atoms with Crippen molar-refractivity contribution in [2.75, 3.05) is 20.3 Å². The quantitative estimate of drug-likeness (QED) is 0.757. The molecule has 3 atom stereocenters. The largest absolute Gasteiger partial charge is 0.459 e. The molecule has 1 saturated heterocycles. The maximum atomic E-state index is 11.8. The number of hydrogen-bond acceptors (Lipinski definition) is 6. The number of esters is 1. The monoisotopic (exact) mass is 282 g/mol. The highest BCUT2D eigenvalue weighted by Gasteiger charge is 2.48. The Bertz CT molecular complexity index is 442. The van der Waals surface area contributed by atoms with E-state index in [2.05, 4.69) is 0 Å². The van der Waals surface area contributed by atoms with Crippen molar-refractivity contribution < 1.29 is 29.2 Å². The van der Waals surface area contributed by atoms with Crippen molar-refractivity contribution in [3.8, 4) is 0 Å². The van der Waals surface area contributed by atoms with Gasteiger partial charge in [-0.05, 0) is 12.1 Å². The first kappa shape index (κ1) is 14.9. The zero-order valence-corrected chi connectivity index (χ0v) is 11.2. The summed E-state index contributed by atoms with van der Waals surface area (Å²) in [6.07, 6.45) is -1.24. The van der Waals surface area contributed by atoms with E-state index in [1.165, 1.54) is 7.11 Å². The van der Waals surface area contributed by atoms with Crippen LogP contribution in [0.15, 0.2) is 30.3 Å². The highest BCUT2D eigenvalue weighted by atomic mass is 16.7. The van der Waals surface area contributed by atoms with Gasteiger partial charge in [-0.15, -0.1) is 0 Å². The fourth-order valence-corrected chi connectivity index (χ4v) is 2.16. The van der Waals surface area contributed by atoms with Crippen molar-refractivity contribution in [3.05, 3.63) is 35.9 Å². The molecule has 1 aliphatic rings. The van der Waals surface area contributed by atoms with Crippen molar-refractivity contribution in [1.82, 2.24) is 0 Å². The van der Waals surface area contributed by atoms with Gasteiger partial charge in [0.05, 0.1) is 18.3 Å². The molecule has 1 fully saturated rings. The molecule has 1 unspecified atom stereocenters. The van der Waals surface area contributed by atoms with E-state index < -0.39 is 30.6 Å². The molecular weight excluding hydrogens is 264 g/mol. The van der Waals surface area contributed by atoms with E-state index >= 15 is 0 Å². The van der Waals surface area contributed by atoms with Crippen LogP contribution in [0.4, 0.5) is 0 Å². The second-order valence-electron chi connectivity index (χ2n) is 4.63. The van der Waals surface area contributed by atoms with Gasteiger partial charge in [-0.1, -0.05) is 18.2 Å². The molecule has 1 aromatic rings. The predicted molar refractivity (Wildman–Crippen MR) is 69.0 cm³/mol. The lowest BCUT2D eigenvalue weighted by Gasteiger charge is -2.28. The third kappa shape index (κ3) is 2.99. The van der Waals surface area contributed by atoms with E-state index in [1.54, 1.807) is 30.3 Å². The Morgan fingerprint density at radius 3 is 2.70 bits per heavy atom. The van der Waals surface area contributed by atoms with Crippen molar-refractivity contribution in [3.63, 3.8) is 0 Å². The lowest BCUT2D eigenvalue weighted by molar-refractivity contribution is -0.263. The second-order valence-corrected chi connectivity index (χ2v) is 4.63. The van der Waals surface area contributed by atoms with Gasteiger partial charge < -0.3 is 24.4 Å². The van der Waals surface area contributed by atoms with Gasteiger partial charge in [-0.3, -0.25) is 0 Å². The van der Waals surface area contributed by atoms with Crippen LogP contribution in [0.5, 0.6) is 0 Å². The van der Waals surface area contributed by atoms with Gasteiger partial charge in [0, 0.05) is 13.5 Å². The third-order valence-electron chi connectivity index (χ3n) is 3.34. The first-order chi connectivity index (χ1) is 9.61. The maximum absolute atomic E-state index is 11.8. The molecule has 0 bridgehead atoms. The zero-order valence-electron chi connectivity index (χ0n) is 11.2. The van der Waals surface area contributed by atoms with Gasteiger partial charge in [-0.2, -0.15) is 0 Å². The second kappa shape index (κ2) is 6.32. The van der Waals surface area contributed by atoms with E-state index in [0.717, 1.165) is 0 Å². The van der Waals surface area contributed by atoms with Crippen molar-refractivity contribution in [2.45, 2.75) is 24.4 Å². The van der Waals surface area contributed by atoms with Gasteiger partial charge in [0.25, 0.3) is 0 Å². The normalized spacial score (nSPS) is 29.4. The number of hydrogen-bond donors (Lipinski definition) is 2. The van der Waals surface area contributed by atoms with E-state index in [9.17, 15) is 15.0 Å². The molecule has 2 N–H and O–H groups in total. The summed E-state index contributed by atoms with van der Waals surface area (Å²) >= 11 is 0. The number of carbonyl (C=O) groups excluding carboxylic acids is 1. The van der Waals surface area contributed by atoms with Crippen LogP contribution in [0.25, 0.3) is 0 Å². The Morgan fingerprint density at radius 2 is 2.15 bits per heavy atom. The number of aliphatic hydroxyl groups excluding tert-OH is 2. The van der Waals surface area contributed by atoms with Crippen LogP contribution in [0, 0.1) is 0 Å². The molecule has 1 aliphatic heterocycles. The van der Waals surface area contributed by atoms with E-state index in [4.69, 9.17) is 14.2 Å². The number of aliphatic hydroxyl groups is 2. The molecule has 20 heavy (non-hydrogen) atoms. The summed E-state index contributed by atoms with van der Waals surface area (Å²) in [6.45, 7) is -0.469. The Balaban J connectivity index is 1.88. The molecule has 2 rings (SSSR count). The Hall–Kier alpha value is -1.47. The molecule has 0 aliphatic carbocycles. The summed E-state index contributed by atoms with van der Waals surface area (Å²) in [5.41, 5.74) is 0.450. The standard InChI is InChI=1S/C14H18O6/c1-18-14(9-15)12(16)7-11(20-14)8-19-13(17)10-5-3-2-4-6-10/h2-6,11-12,15-16H,7-9H2,1H3/t11-,12-,14?/m0/s1. The van der Waals surface area contributed by atoms with E-state index in [0.29, 0.717) is 5.56 Å². The Labute approximate surface area is 116 Å². The third-order valence-corrected chi connectivity index (χ3v) is 3.34. The molecular formula is C14H18O6. The maximum Gasteiger partial charge on any atom is 0.338 e. The molecule has 0 aromatic heterocycles. The number of rotatable bonds is 5. The van der Waals surface area contributed by atoms with E-state index in [1.807, 2.05) is 0 Å². The molecule has 0 saturated carbocycles. The van der Waals surface area contributed by atoms with Crippen LogP contribution < -0.4 is 0 Å². The topological polar surface area (TPSA) is 85.2 Å². The summed E-state index contributed by atoms with van der Waals surface area (Å²) in [5, 5.41) is 19.1. The average molecular weight is 282 g/mol. The van der Waals surface area contributed by atoms with Gasteiger partial charge in [-0.25, -0.2) is 4.79 Å². The van der Waals surface area contributed by atoms with Gasteiger partial charge >= 0.3 is 5.97 Å². The molecule has 0 radical (unpaired) electrons.